The van der Waals surface area contributed by atoms with Crippen LogP contribution in [-0.4, -0.2) is 60.2 Å². The standard InChI is InChI=1S/C14H18N4O3/c19-13(20)10-1-2-11-12(9-10)21-14(17-11)16-5-8-18-6-3-15-4-7-18/h1-2,9,15H,3-8H2,(H,16,17)(H,19,20). The van der Waals surface area contributed by atoms with Crippen LogP contribution in [0.5, 0.6) is 0 Å². The second kappa shape index (κ2) is 6.11. The zero-order valence-corrected chi connectivity index (χ0v) is 11.6. The number of nitrogens with one attached hydrogen (secondary N) is 2. The molecule has 7 heteroatoms. The third-order valence-electron chi connectivity index (χ3n) is 3.55. The Morgan fingerprint density at radius 1 is 1.43 bits per heavy atom. The van der Waals surface area contributed by atoms with Gasteiger partial charge in [0.2, 0.25) is 0 Å². The van der Waals surface area contributed by atoms with Crippen molar-refractivity contribution < 1.29 is 14.3 Å². The summed E-state index contributed by atoms with van der Waals surface area (Å²) in [4.78, 5) is 17.6. The van der Waals surface area contributed by atoms with Gasteiger partial charge in [0, 0.05) is 39.3 Å². The first-order valence-corrected chi connectivity index (χ1v) is 7.03. The molecule has 1 saturated heterocycles. The van der Waals surface area contributed by atoms with Gasteiger partial charge in [0.05, 0.1) is 5.56 Å². The molecule has 7 nitrogen and oxygen atoms in total. The Kier molecular flexibility index (Phi) is 4.03. The number of benzene rings is 1. The van der Waals surface area contributed by atoms with Crippen LogP contribution in [0, 0.1) is 0 Å². The minimum absolute atomic E-state index is 0.200. The lowest BCUT2D eigenvalue weighted by Crippen LogP contribution is -2.45. The Morgan fingerprint density at radius 2 is 2.24 bits per heavy atom. The predicted octanol–water partition coefficient (Wildman–Crippen LogP) is 0.843. The van der Waals surface area contributed by atoms with E-state index in [1.807, 2.05) is 0 Å². The van der Waals surface area contributed by atoms with Gasteiger partial charge in [0.25, 0.3) is 6.01 Å². The van der Waals surface area contributed by atoms with Gasteiger partial charge in [-0.2, -0.15) is 4.98 Å². The molecule has 0 atom stereocenters. The molecule has 1 fully saturated rings. The monoisotopic (exact) mass is 290 g/mol. The quantitative estimate of drug-likeness (QED) is 0.751. The van der Waals surface area contributed by atoms with E-state index in [0.29, 0.717) is 17.1 Å². The molecule has 1 aromatic carbocycles. The van der Waals surface area contributed by atoms with Crippen molar-refractivity contribution in [2.75, 3.05) is 44.6 Å². The van der Waals surface area contributed by atoms with Crippen LogP contribution < -0.4 is 10.6 Å². The van der Waals surface area contributed by atoms with Crippen molar-refractivity contribution in [1.82, 2.24) is 15.2 Å². The number of piperazine rings is 1. The Bertz CT molecular complexity index is 634. The van der Waals surface area contributed by atoms with Crippen molar-refractivity contribution in [3.63, 3.8) is 0 Å². The predicted molar refractivity (Wildman–Crippen MR) is 78.8 cm³/mol. The fourth-order valence-corrected chi connectivity index (χ4v) is 2.39. The summed E-state index contributed by atoms with van der Waals surface area (Å²) in [7, 11) is 0. The van der Waals surface area contributed by atoms with Crippen LogP contribution in [0.2, 0.25) is 0 Å². The van der Waals surface area contributed by atoms with Gasteiger partial charge in [-0.1, -0.05) is 0 Å². The highest BCUT2D eigenvalue weighted by molar-refractivity contribution is 5.92. The number of carboxylic acids is 1. The minimum atomic E-state index is -0.971. The molecule has 0 aliphatic carbocycles. The van der Waals surface area contributed by atoms with Crippen molar-refractivity contribution in [3.05, 3.63) is 23.8 Å². The number of oxazole rings is 1. The van der Waals surface area contributed by atoms with Crippen LogP contribution in [0.3, 0.4) is 0 Å². The van der Waals surface area contributed by atoms with Gasteiger partial charge < -0.3 is 20.2 Å². The minimum Gasteiger partial charge on any atom is -0.478 e. The van der Waals surface area contributed by atoms with Crippen molar-refractivity contribution in [2.45, 2.75) is 0 Å². The van der Waals surface area contributed by atoms with Gasteiger partial charge >= 0.3 is 5.97 Å². The molecule has 112 valence electrons. The van der Waals surface area contributed by atoms with Gasteiger partial charge in [-0.05, 0) is 18.2 Å². The molecule has 0 unspecified atom stereocenters. The highest BCUT2D eigenvalue weighted by Crippen LogP contribution is 2.20. The van der Waals surface area contributed by atoms with E-state index in [9.17, 15) is 4.79 Å². The SMILES string of the molecule is O=C(O)c1ccc2nc(NCCN3CCNCC3)oc2c1. The summed E-state index contributed by atoms with van der Waals surface area (Å²) in [6.07, 6.45) is 0. The summed E-state index contributed by atoms with van der Waals surface area (Å²) in [6, 6.07) is 5.11. The van der Waals surface area contributed by atoms with Gasteiger partial charge in [0.15, 0.2) is 5.58 Å². The summed E-state index contributed by atoms with van der Waals surface area (Å²) in [6.45, 7) is 5.84. The summed E-state index contributed by atoms with van der Waals surface area (Å²) in [5.41, 5.74) is 1.34. The first-order chi connectivity index (χ1) is 10.2. The molecule has 0 spiro atoms. The van der Waals surface area contributed by atoms with Crippen molar-refractivity contribution >= 4 is 23.1 Å². The topological polar surface area (TPSA) is 90.6 Å². The Hall–Kier alpha value is -2.12. The lowest BCUT2D eigenvalue weighted by molar-refractivity contribution is 0.0697. The summed E-state index contributed by atoms with van der Waals surface area (Å²) >= 11 is 0. The number of nitrogens with zero attached hydrogens (tertiary/aromatic N) is 2. The number of anilines is 1. The summed E-state index contributed by atoms with van der Waals surface area (Å²) in [5.74, 6) is -0.971. The van der Waals surface area contributed by atoms with Crippen molar-refractivity contribution in [1.29, 1.82) is 0 Å². The second-order valence-electron chi connectivity index (χ2n) is 5.03. The third-order valence-corrected chi connectivity index (χ3v) is 3.55. The molecular weight excluding hydrogens is 272 g/mol. The number of aromatic carboxylic acids is 1. The van der Waals surface area contributed by atoms with Crippen molar-refractivity contribution in [2.24, 2.45) is 0 Å². The van der Waals surface area contributed by atoms with Crippen molar-refractivity contribution in [3.8, 4) is 0 Å². The molecule has 0 radical (unpaired) electrons. The number of carbonyl (C=O) groups is 1. The number of hydrogen-bond acceptors (Lipinski definition) is 6. The number of rotatable bonds is 5. The average molecular weight is 290 g/mol. The van der Waals surface area contributed by atoms with Gasteiger partial charge in [0.1, 0.15) is 5.52 Å². The Balaban J connectivity index is 1.60. The second-order valence-corrected chi connectivity index (χ2v) is 5.03. The Labute approximate surface area is 121 Å². The number of hydrogen-bond donors (Lipinski definition) is 3. The molecule has 1 aromatic heterocycles. The summed E-state index contributed by atoms with van der Waals surface area (Å²) in [5, 5.41) is 15.4. The zero-order chi connectivity index (χ0) is 14.7. The van der Waals surface area contributed by atoms with Crippen LogP contribution in [0.25, 0.3) is 11.1 Å². The fourth-order valence-electron chi connectivity index (χ4n) is 2.39. The highest BCUT2D eigenvalue weighted by atomic mass is 16.4. The highest BCUT2D eigenvalue weighted by Gasteiger charge is 2.11. The maximum absolute atomic E-state index is 10.9. The molecule has 2 aromatic rings. The largest absolute Gasteiger partial charge is 0.478 e. The molecule has 1 aliphatic rings. The van der Waals surface area contributed by atoms with E-state index in [-0.39, 0.29) is 5.56 Å². The van der Waals surface area contributed by atoms with E-state index in [0.717, 1.165) is 39.3 Å². The first-order valence-electron chi connectivity index (χ1n) is 7.03. The molecule has 21 heavy (non-hydrogen) atoms. The molecule has 2 heterocycles. The maximum atomic E-state index is 10.9. The molecule has 1 aliphatic heterocycles. The number of fused-ring (bicyclic) bond motifs is 1. The van der Waals surface area contributed by atoms with Crippen LogP contribution in [-0.2, 0) is 0 Å². The lowest BCUT2D eigenvalue weighted by atomic mass is 10.2. The number of carboxylic acid groups (broad SMARTS) is 1. The van der Waals surface area contributed by atoms with Crippen LogP contribution in [0.15, 0.2) is 22.6 Å². The smallest absolute Gasteiger partial charge is 0.335 e. The Morgan fingerprint density at radius 3 is 3.00 bits per heavy atom. The van der Waals surface area contributed by atoms with E-state index >= 15 is 0 Å². The molecule has 0 saturated carbocycles. The summed E-state index contributed by atoms with van der Waals surface area (Å²) < 4.78 is 5.53. The molecule has 3 rings (SSSR count). The first kappa shape index (κ1) is 13.8. The molecule has 0 amide bonds. The average Bonchev–Trinajstić information content (AvgIpc) is 2.90. The van der Waals surface area contributed by atoms with Crippen LogP contribution >= 0.6 is 0 Å². The van der Waals surface area contributed by atoms with Gasteiger partial charge in [-0.3, -0.25) is 4.90 Å². The van der Waals surface area contributed by atoms with E-state index in [2.05, 4.69) is 20.5 Å². The molecule has 3 N–H and O–H groups in total. The zero-order valence-electron chi connectivity index (χ0n) is 11.6. The normalized spacial score (nSPS) is 16.2. The third kappa shape index (κ3) is 3.32. The van der Waals surface area contributed by atoms with Crippen LogP contribution in [0.1, 0.15) is 10.4 Å². The lowest BCUT2D eigenvalue weighted by Gasteiger charge is -2.26. The maximum Gasteiger partial charge on any atom is 0.335 e. The van der Waals surface area contributed by atoms with E-state index in [1.165, 1.54) is 12.1 Å². The van der Waals surface area contributed by atoms with Gasteiger partial charge in [-0.15, -0.1) is 0 Å². The van der Waals surface area contributed by atoms with Crippen LogP contribution in [0.4, 0.5) is 6.01 Å². The van der Waals surface area contributed by atoms with E-state index < -0.39 is 5.97 Å². The van der Waals surface area contributed by atoms with E-state index in [1.54, 1.807) is 6.07 Å². The molecular formula is C14H18N4O3. The number of aromatic nitrogens is 1. The molecule has 0 bridgehead atoms. The van der Waals surface area contributed by atoms with E-state index in [4.69, 9.17) is 9.52 Å². The fraction of sp³-hybridized carbons (Fsp3) is 0.429. The van der Waals surface area contributed by atoms with Gasteiger partial charge in [-0.25, -0.2) is 4.79 Å².